The quantitative estimate of drug-likeness (QED) is 0.921. The number of anilines is 1. The zero-order valence-electron chi connectivity index (χ0n) is 11.4. The van der Waals surface area contributed by atoms with Crippen molar-refractivity contribution >= 4 is 23.2 Å². The highest BCUT2D eigenvalue weighted by atomic mass is 35.5. The Hall–Kier alpha value is -2.01. The number of aromatic nitrogens is 2. The van der Waals surface area contributed by atoms with Crippen molar-refractivity contribution in [1.29, 1.82) is 0 Å². The number of rotatable bonds is 5. The Balaban J connectivity index is 2.08. The Morgan fingerprint density at radius 3 is 2.90 bits per heavy atom. The number of hydrogen-bond donors (Lipinski definition) is 1. The molecule has 0 radical (unpaired) electrons. The lowest BCUT2D eigenvalue weighted by atomic mass is 10.3. The summed E-state index contributed by atoms with van der Waals surface area (Å²) in [5, 5.41) is 7.40. The molecule has 1 heterocycles. The molecule has 0 aliphatic heterocycles. The van der Waals surface area contributed by atoms with Gasteiger partial charge in [-0.1, -0.05) is 18.5 Å². The van der Waals surface area contributed by atoms with Gasteiger partial charge in [-0.15, -0.1) is 0 Å². The maximum absolute atomic E-state index is 12.0. The van der Waals surface area contributed by atoms with E-state index in [0.717, 1.165) is 13.0 Å². The van der Waals surface area contributed by atoms with Crippen molar-refractivity contribution in [2.45, 2.75) is 19.9 Å². The number of aryl methyl sites for hydroxylation is 1. The molecule has 1 N–H and O–H groups in total. The summed E-state index contributed by atoms with van der Waals surface area (Å²) in [6.07, 6.45) is 2.76. The maximum Gasteiger partial charge on any atom is 0.276 e. The number of nitrogens with one attached hydrogen (secondary N) is 1. The van der Waals surface area contributed by atoms with Gasteiger partial charge in [0.25, 0.3) is 5.91 Å². The molecule has 0 spiro atoms. The first-order valence-corrected chi connectivity index (χ1v) is 6.70. The van der Waals surface area contributed by atoms with Gasteiger partial charge in [-0.25, -0.2) is 0 Å². The number of halogens is 1. The molecule has 20 heavy (non-hydrogen) atoms. The molecular weight excluding hydrogens is 278 g/mol. The fourth-order valence-electron chi connectivity index (χ4n) is 1.78. The lowest BCUT2D eigenvalue weighted by molar-refractivity contribution is 0.102. The van der Waals surface area contributed by atoms with E-state index in [1.807, 2.05) is 0 Å². The van der Waals surface area contributed by atoms with Gasteiger partial charge >= 0.3 is 0 Å². The average Bonchev–Trinajstić information content (AvgIpc) is 2.88. The molecule has 6 heteroatoms. The molecule has 2 aromatic rings. The maximum atomic E-state index is 12.0. The minimum atomic E-state index is -0.263. The highest BCUT2D eigenvalue weighted by Crippen LogP contribution is 2.27. The molecule has 0 unspecified atom stereocenters. The van der Waals surface area contributed by atoms with Crippen LogP contribution in [-0.4, -0.2) is 22.8 Å². The van der Waals surface area contributed by atoms with Crippen molar-refractivity contribution in [1.82, 2.24) is 9.78 Å². The Bertz CT molecular complexity index is 610. The van der Waals surface area contributed by atoms with Crippen LogP contribution in [0, 0.1) is 0 Å². The van der Waals surface area contributed by atoms with Crippen LogP contribution in [0.3, 0.4) is 0 Å². The first kappa shape index (κ1) is 14.4. The van der Waals surface area contributed by atoms with E-state index < -0.39 is 0 Å². The summed E-state index contributed by atoms with van der Waals surface area (Å²) in [7, 11) is 1.54. The van der Waals surface area contributed by atoms with E-state index in [1.54, 1.807) is 42.3 Å². The monoisotopic (exact) mass is 293 g/mol. The van der Waals surface area contributed by atoms with Gasteiger partial charge in [-0.3, -0.25) is 9.48 Å². The van der Waals surface area contributed by atoms with Crippen molar-refractivity contribution in [3.05, 3.63) is 41.2 Å². The van der Waals surface area contributed by atoms with Gasteiger partial charge in [0.05, 0.1) is 12.1 Å². The number of carbonyl (C=O) groups is 1. The minimum Gasteiger partial charge on any atom is -0.495 e. The van der Waals surface area contributed by atoms with Crippen molar-refractivity contribution in [2.24, 2.45) is 0 Å². The van der Waals surface area contributed by atoms with Crippen LogP contribution < -0.4 is 10.1 Å². The SMILES string of the molecule is CCCn1ccc(C(=O)Nc2ccc(OC)c(Cl)c2)n1. The molecule has 1 amide bonds. The van der Waals surface area contributed by atoms with Crippen LogP contribution in [0.2, 0.25) is 5.02 Å². The van der Waals surface area contributed by atoms with E-state index in [2.05, 4.69) is 17.3 Å². The van der Waals surface area contributed by atoms with Crippen molar-refractivity contribution in [3.63, 3.8) is 0 Å². The summed E-state index contributed by atoms with van der Waals surface area (Å²) in [4.78, 5) is 12.0. The third kappa shape index (κ3) is 3.30. The largest absolute Gasteiger partial charge is 0.495 e. The van der Waals surface area contributed by atoms with Crippen molar-refractivity contribution in [3.8, 4) is 5.75 Å². The molecule has 1 aromatic heterocycles. The second-order valence-corrected chi connectivity index (χ2v) is 4.67. The molecular formula is C14H16ClN3O2. The summed E-state index contributed by atoms with van der Waals surface area (Å²) in [5.41, 5.74) is 0.983. The van der Waals surface area contributed by atoms with E-state index in [-0.39, 0.29) is 5.91 Å². The van der Waals surface area contributed by atoms with Crippen LogP contribution in [0.4, 0.5) is 5.69 Å². The van der Waals surface area contributed by atoms with E-state index in [4.69, 9.17) is 16.3 Å². The Morgan fingerprint density at radius 1 is 1.45 bits per heavy atom. The van der Waals surface area contributed by atoms with Crippen molar-refractivity contribution in [2.75, 3.05) is 12.4 Å². The standard InChI is InChI=1S/C14H16ClN3O2/c1-3-7-18-8-6-12(17-18)14(19)16-10-4-5-13(20-2)11(15)9-10/h4-6,8-9H,3,7H2,1-2H3,(H,16,19). The van der Waals surface area contributed by atoms with E-state index in [1.165, 1.54) is 0 Å². The predicted molar refractivity (Wildman–Crippen MR) is 78.5 cm³/mol. The summed E-state index contributed by atoms with van der Waals surface area (Å²) < 4.78 is 6.81. The Kier molecular flexibility index (Phi) is 4.63. The molecule has 5 nitrogen and oxygen atoms in total. The van der Waals surface area contributed by atoms with Gasteiger partial charge in [0.2, 0.25) is 0 Å². The highest BCUT2D eigenvalue weighted by Gasteiger charge is 2.10. The van der Waals surface area contributed by atoms with E-state index in [0.29, 0.717) is 22.2 Å². The predicted octanol–water partition coefficient (Wildman–Crippen LogP) is 3.21. The third-order valence-corrected chi connectivity index (χ3v) is 3.03. The van der Waals surface area contributed by atoms with Gasteiger partial charge in [0, 0.05) is 18.4 Å². The first-order valence-electron chi connectivity index (χ1n) is 6.32. The fourth-order valence-corrected chi connectivity index (χ4v) is 2.03. The molecule has 2 rings (SSSR count). The smallest absolute Gasteiger partial charge is 0.276 e. The third-order valence-electron chi connectivity index (χ3n) is 2.74. The van der Waals surface area contributed by atoms with Crippen LogP contribution in [0.1, 0.15) is 23.8 Å². The average molecular weight is 294 g/mol. The lowest BCUT2D eigenvalue weighted by Crippen LogP contribution is -2.13. The van der Waals surface area contributed by atoms with Crippen LogP contribution >= 0.6 is 11.6 Å². The first-order chi connectivity index (χ1) is 9.63. The van der Waals surface area contributed by atoms with E-state index >= 15 is 0 Å². The zero-order chi connectivity index (χ0) is 14.5. The normalized spacial score (nSPS) is 10.3. The van der Waals surface area contributed by atoms with Crippen LogP contribution in [0.15, 0.2) is 30.5 Å². The zero-order valence-corrected chi connectivity index (χ0v) is 12.1. The van der Waals surface area contributed by atoms with Gasteiger partial charge in [-0.2, -0.15) is 5.10 Å². The van der Waals surface area contributed by atoms with Crippen LogP contribution in [0.25, 0.3) is 0 Å². The van der Waals surface area contributed by atoms with Crippen LogP contribution in [-0.2, 0) is 6.54 Å². The van der Waals surface area contributed by atoms with Crippen LogP contribution in [0.5, 0.6) is 5.75 Å². The number of hydrogen-bond acceptors (Lipinski definition) is 3. The molecule has 0 aliphatic rings. The second-order valence-electron chi connectivity index (χ2n) is 4.27. The molecule has 0 saturated carbocycles. The highest BCUT2D eigenvalue weighted by molar-refractivity contribution is 6.32. The van der Waals surface area contributed by atoms with Gasteiger partial charge in [-0.05, 0) is 30.7 Å². The Morgan fingerprint density at radius 2 is 2.25 bits per heavy atom. The molecule has 106 valence electrons. The second kappa shape index (κ2) is 6.43. The Labute approximate surface area is 122 Å². The fraction of sp³-hybridized carbons (Fsp3) is 0.286. The molecule has 0 bridgehead atoms. The number of methoxy groups -OCH3 is 1. The molecule has 0 fully saturated rings. The summed E-state index contributed by atoms with van der Waals surface area (Å²) in [5.74, 6) is 0.304. The van der Waals surface area contributed by atoms with Gasteiger partial charge in [0.1, 0.15) is 5.75 Å². The number of benzene rings is 1. The van der Waals surface area contributed by atoms with Crippen molar-refractivity contribution < 1.29 is 9.53 Å². The molecule has 1 aromatic carbocycles. The minimum absolute atomic E-state index is 0.263. The summed E-state index contributed by atoms with van der Waals surface area (Å²) in [6, 6.07) is 6.76. The number of nitrogens with zero attached hydrogens (tertiary/aromatic N) is 2. The van der Waals surface area contributed by atoms with E-state index in [9.17, 15) is 4.79 Å². The van der Waals surface area contributed by atoms with Gasteiger partial charge in [0.15, 0.2) is 5.69 Å². The lowest BCUT2D eigenvalue weighted by Gasteiger charge is -2.07. The number of amides is 1. The summed E-state index contributed by atoms with van der Waals surface area (Å²) in [6.45, 7) is 2.85. The number of ether oxygens (including phenoxy) is 1. The number of carbonyl (C=O) groups excluding carboxylic acids is 1. The molecule has 0 aliphatic carbocycles. The van der Waals surface area contributed by atoms with Gasteiger partial charge < -0.3 is 10.1 Å². The topological polar surface area (TPSA) is 56.2 Å². The molecule has 0 saturated heterocycles. The molecule has 0 atom stereocenters. The summed E-state index contributed by atoms with van der Waals surface area (Å²) >= 11 is 6.01.